The van der Waals surface area contributed by atoms with Crippen LogP contribution in [0.4, 0.5) is 14.6 Å². The smallest absolute Gasteiger partial charge is 0.264 e. The standard InChI is InChI=1S/C21H18Br2F2N6O/c1-11-7-15(19(24)25)18-12(2)28-31(21(18)26-11)10-17(32)27-20-16(23)9-30(29-20)8-13-3-5-14(22)6-4-13/h3-7,9,19H,8,10H2,1-2H3,(H,27,29,32). The summed E-state index contributed by atoms with van der Waals surface area (Å²) in [4.78, 5) is 17.0. The van der Waals surface area contributed by atoms with Crippen LogP contribution in [-0.2, 0) is 17.9 Å². The van der Waals surface area contributed by atoms with E-state index in [2.05, 4.69) is 52.4 Å². The number of carbonyl (C=O) groups excluding carboxylic acids is 1. The third-order valence-electron chi connectivity index (χ3n) is 4.80. The van der Waals surface area contributed by atoms with Crippen molar-refractivity contribution in [2.24, 2.45) is 0 Å². The number of fused-ring (bicyclic) bond motifs is 1. The van der Waals surface area contributed by atoms with Crippen LogP contribution < -0.4 is 5.32 Å². The number of aromatic nitrogens is 5. The largest absolute Gasteiger partial charge is 0.307 e. The molecule has 0 saturated heterocycles. The van der Waals surface area contributed by atoms with E-state index >= 15 is 0 Å². The topological polar surface area (TPSA) is 77.6 Å². The number of rotatable bonds is 6. The first-order valence-electron chi connectivity index (χ1n) is 9.61. The van der Waals surface area contributed by atoms with Crippen LogP contribution in [0.25, 0.3) is 11.0 Å². The van der Waals surface area contributed by atoms with E-state index in [0.29, 0.717) is 28.2 Å². The van der Waals surface area contributed by atoms with Gasteiger partial charge < -0.3 is 5.32 Å². The SMILES string of the molecule is Cc1cc(C(F)F)c2c(C)nn(CC(=O)Nc3nn(Cc4ccc(Br)cc4)cc3Br)c2n1. The van der Waals surface area contributed by atoms with Crippen LogP contribution in [0.1, 0.15) is 28.9 Å². The summed E-state index contributed by atoms with van der Waals surface area (Å²) in [6.07, 6.45) is -0.889. The van der Waals surface area contributed by atoms with Gasteiger partial charge in [0.05, 0.1) is 22.1 Å². The number of alkyl halides is 2. The average Bonchev–Trinajstić information content (AvgIpc) is 3.22. The van der Waals surface area contributed by atoms with Crippen LogP contribution in [0.2, 0.25) is 0 Å². The number of aryl methyl sites for hydroxylation is 2. The first-order valence-corrected chi connectivity index (χ1v) is 11.2. The lowest BCUT2D eigenvalue weighted by atomic mass is 10.1. The number of nitrogens with zero attached hydrogens (tertiary/aromatic N) is 5. The Bertz CT molecular complexity index is 1300. The normalized spacial score (nSPS) is 11.5. The Hall–Kier alpha value is -2.66. The summed E-state index contributed by atoms with van der Waals surface area (Å²) in [6, 6.07) is 9.20. The molecule has 0 atom stereocenters. The van der Waals surface area contributed by atoms with Gasteiger partial charge in [-0.25, -0.2) is 18.4 Å². The molecule has 0 bridgehead atoms. The molecule has 1 amide bonds. The zero-order valence-electron chi connectivity index (χ0n) is 17.1. The quantitative estimate of drug-likeness (QED) is 0.339. The second-order valence-corrected chi connectivity index (χ2v) is 9.06. The van der Waals surface area contributed by atoms with Gasteiger partial charge in [-0.05, 0) is 53.5 Å². The molecule has 0 aliphatic rings. The predicted octanol–water partition coefficient (Wildman–Crippen LogP) is 5.39. The molecule has 4 aromatic rings. The van der Waals surface area contributed by atoms with E-state index in [9.17, 15) is 13.6 Å². The number of hydrogen-bond donors (Lipinski definition) is 1. The van der Waals surface area contributed by atoms with Gasteiger partial charge >= 0.3 is 0 Å². The molecule has 1 aromatic carbocycles. The van der Waals surface area contributed by atoms with Crippen molar-refractivity contribution in [3.63, 3.8) is 0 Å². The van der Waals surface area contributed by atoms with Crippen molar-refractivity contribution >= 4 is 54.6 Å². The number of benzene rings is 1. The number of halogens is 4. The van der Waals surface area contributed by atoms with E-state index in [4.69, 9.17) is 0 Å². The van der Waals surface area contributed by atoms with Crippen molar-refractivity contribution in [2.45, 2.75) is 33.4 Å². The van der Waals surface area contributed by atoms with E-state index in [1.54, 1.807) is 24.7 Å². The molecule has 3 heterocycles. The monoisotopic (exact) mass is 566 g/mol. The molecule has 11 heteroatoms. The summed E-state index contributed by atoms with van der Waals surface area (Å²) in [6.45, 7) is 3.60. The van der Waals surface area contributed by atoms with E-state index in [-0.39, 0.29) is 23.1 Å². The molecule has 4 rings (SSSR count). The van der Waals surface area contributed by atoms with E-state index in [1.165, 1.54) is 10.7 Å². The van der Waals surface area contributed by atoms with Crippen LogP contribution in [0.15, 0.2) is 45.5 Å². The Morgan fingerprint density at radius 1 is 1.16 bits per heavy atom. The molecule has 0 aliphatic carbocycles. The molecule has 7 nitrogen and oxygen atoms in total. The summed E-state index contributed by atoms with van der Waals surface area (Å²) in [7, 11) is 0. The highest BCUT2D eigenvalue weighted by Crippen LogP contribution is 2.30. The van der Waals surface area contributed by atoms with Crippen LogP contribution in [0.5, 0.6) is 0 Å². The van der Waals surface area contributed by atoms with Crippen LogP contribution >= 0.6 is 31.9 Å². The van der Waals surface area contributed by atoms with Gasteiger partial charge in [0.25, 0.3) is 6.43 Å². The van der Waals surface area contributed by atoms with Crippen LogP contribution in [-0.4, -0.2) is 30.5 Å². The van der Waals surface area contributed by atoms with Crippen molar-refractivity contribution in [1.82, 2.24) is 24.5 Å². The second-order valence-electron chi connectivity index (χ2n) is 7.29. The van der Waals surface area contributed by atoms with Crippen molar-refractivity contribution < 1.29 is 13.6 Å². The number of amides is 1. The fourth-order valence-electron chi connectivity index (χ4n) is 3.45. The molecule has 166 valence electrons. The zero-order valence-corrected chi connectivity index (χ0v) is 20.3. The van der Waals surface area contributed by atoms with E-state index in [1.807, 2.05) is 24.3 Å². The lowest BCUT2D eigenvalue weighted by molar-refractivity contribution is -0.116. The molecule has 1 N–H and O–H groups in total. The molecule has 0 fully saturated rings. The maximum atomic E-state index is 13.5. The minimum Gasteiger partial charge on any atom is -0.307 e. The second kappa shape index (κ2) is 9.07. The first-order chi connectivity index (χ1) is 15.2. The van der Waals surface area contributed by atoms with Crippen molar-refractivity contribution in [3.8, 4) is 0 Å². The third-order valence-corrected chi connectivity index (χ3v) is 5.91. The lowest BCUT2D eigenvalue weighted by Crippen LogP contribution is -2.20. The number of nitrogens with one attached hydrogen (secondary N) is 1. The Balaban J connectivity index is 1.53. The van der Waals surface area contributed by atoms with Crippen molar-refractivity contribution in [3.05, 3.63) is 68.0 Å². The summed E-state index contributed by atoms with van der Waals surface area (Å²) >= 11 is 6.82. The highest BCUT2D eigenvalue weighted by molar-refractivity contribution is 9.10. The number of carbonyl (C=O) groups is 1. The molecule has 0 unspecified atom stereocenters. The van der Waals surface area contributed by atoms with Gasteiger partial charge in [-0.3, -0.25) is 9.48 Å². The van der Waals surface area contributed by atoms with Gasteiger partial charge in [0.15, 0.2) is 11.5 Å². The van der Waals surface area contributed by atoms with E-state index < -0.39 is 12.3 Å². The number of anilines is 1. The number of pyridine rings is 1. The number of hydrogen-bond acceptors (Lipinski definition) is 4. The van der Waals surface area contributed by atoms with Crippen molar-refractivity contribution in [1.29, 1.82) is 0 Å². The summed E-state index contributed by atoms with van der Waals surface area (Å²) in [5.74, 6) is -0.0383. The summed E-state index contributed by atoms with van der Waals surface area (Å²) in [5, 5.41) is 11.7. The Morgan fingerprint density at radius 2 is 1.88 bits per heavy atom. The maximum absolute atomic E-state index is 13.5. The molecule has 0 radical (unpaired) electrons. The van der Waals surface area contributed by atoms with Crippen molar-refractivity contribution in [2.75, 3.05) is 5.32 Å². The molecule has 0 spiro atoms. The van der Waals surface area contributed by atoms with Gasteiger partial charge in [-0.15, -0.1) is 0 Å². The third kappa shape index (κ3) is 4.73. The molecular formula is C21H18Br2F2N6O. The van der Waals surface area contributed by atoms with Gasteiger partial charge in [-0.2, -0.15) is 10.2 Å². The summed E-state index contributed by atoms with van der Waals surface area (Å²) < 4.78 is 31.6. The minimum atomic E-state index is -2.66. The fourth-order valence-corrected chi connectivity index (χ4v) is 4.13. The van der Waals surface area contributed by atoms with Gasteiger partial charge in [0.1, 0.15) is 6.54 Å². The van der Waals surface area contributed by atoms with Gasteiger partial charge in [-0.1, -0.05) is 28.1 Å². The van der Waals surface area contributed by atoms with Gasteiger partial charge in [0, 0.05) is 21.9 Å². The fraction of sp³-hybridized carbons (Fsp3) is 0.238. The Labute approximate surface area is 199 Å². The van der Waals surface area contributed by atoms with Crippen LogP contribution in [0.3, 0.4) is 0 Å². The van der Waals surface area contributed by atoms with Gasteiger partial charge in [0.2, 0.25) is 5.91 Å². The Kier molecular flexibility index (Phi) is 6.38. The zero-order chi connectivity index (χ0) is 23.0. The highest BCUT2D eigenvalue weighted by Gasteiger charge is 2.21. The molecular weight excluding hydrogens is 550 g/mol. The van der Waals surface area contributed by atoms with Crippen LogP contribution in [0, 0.1) is 13.8 Å². The molecule has 0 saturated carbocycles. The molecule has 32 heavy (non-hydrogen) atoms. The Morgan fingerprint density at radius 3 is 2.56 bits per heavy atom. The lowest BCUT2D eigenvalue weighted by Gasteiger charge is -2.07. The predicted molar refractivity (Wildman–Crippen MR) is 124 cm³/mol. The average molecular weight is 568 g/mol. The first kappa shape index (κ1) is 22.5. The minimum absolute atomic E-state index is 0.133. The molecule has 0 aliphatic heterocycles. The summed E-state index contributed by atoms with van der Waals surface area (Å²) in [5.41, 5.74) is 2.01. The maximum Gasteiger partial charge on any atom is 0.264 e. The van der Waals surface area contributed by atoms with E-state index in [0.717, 1.165) is 10.0 Å². The highest BCUT2D eigenvalue weighted by atomic mass is 79.9. The molecule has 3 aromatic heterocycles.